The summed E-state index contributed by atoms with van der Waals surface area (Å²) in [5.41, 5.74) is 0.435. The molecule has 0 saturated carbocycles. The quantitative estimate of drug-likeness (QED) is 0.804. The summed E-state index contributed by atoms with van der Waals surface area (Å²) >= 11 is 0. The Balaban J connectivity index is 2.36. The van der Waals surface area contributed by atoms with Gasteiger partial charge in [-0.15, -0.1) is 0 Å². The summed E-state index contributed by atoms with van der Waals surface area (Å²) < 4.78 is 10.6. The van der Waals surface area contributed by atoms with E-state index in [1.54, 1.807) is 37.3 Å². The number of methoxy groups -OCH3 is 2. The van der Waals surface area contributed by atoms with E-state index in [9.17, 15) is 9.59 Å². The Morgan fingerprint density at radius 2 is 1.67 bits per heavy atom. The van der Waals surface area contributed by atoms with Crippen molar-refractivity contribution in [2.75, 3.05) is 27.3 Å². The number of carbonyl (C=O) groups excluding carboxylic acids is 2. The van der Waals surface area contributed by atoms with Crippen molar-refractivity contribution in [3.05, 3.63) is 29.5 Å². The lowest BCUT2D eigenvalue weighted by molar-refractivity contribution is -0.132. The van der Waals surface area contributed by atoms with E-state index in [0.717, 1.165) is 24.8 Å². The standard InChI is InChI=1S/C21H30N2O4/c1-21(2,3)20(25)22-16(19(24)23-11-7-6-8-12-23)13-15-9-10-17(26-4)18(14-15)27-5/h9-10,13-14H,6-8,11-12H2,1-5H3,(H,22,25)/b16-13-. The number of nitrogens with one attached hydrogen (secondary N) is 1. The minimum atomic E-state index is -0.598. The lowest BCUT2D eigenvalue weighted by atomic mass is 9.95. The number of ether oxygens (including phenoxy) is 2. The normalized spacial score (nSPS) is 15.3. The predicted molar refractivity (Wildman–Crippen MR) is 106 cm³/mol. The molecule has 27 heavy (non-hydrogen) atoms. The number of benzene rings is 1. The van der Waals surface area contributed by atoms with Gasteiger partial charge in [0.05, 0.1) is 14.2 Å². The van der Waals surface area contributed by atoms with Crippen LogP contribution in [0.4, 0.5) is 0 Å². The molecule has 0 atom stereocenters. The van der Waals surface area contributed by atoms with Crippen LogP contribution >= 0.6 is 0 Å². The molecular formula is C21H30N2O4. The monoisotopic (exact) mass is 374 g/mol. The fourth-order valence-electron chi connectivity index (χ4n) is 2.84. The molecule has 1 aromatic rings. The number of hydrogen-bond acceptors (Lipinski definition) is 4. The van der Waals surface area contributed by atoms with Gasteiger partial charge in [-0.25, -0.2) is 0 Å². The molecule has 1 aromatic carbocycles. The van der Waals surface area contributed by atoms with Gasteiger partial charge in [-0.2, -0.15) is 0 Å². The fraction of sp³-hybridized carbons (Fsp3) is 0.524. The lowest BCUT2D eigenvalue weighted by Gasteiger charge is -2.28. The molecule has 0 unspecified atom stereocenters. The molecule has 0 aliphatic carbocycles. The molecule has 1 saturated heterocycles. The molecule has 0 radical (unpaired) electrons. The van der Waals surface area contributed by atoms with E-state index in [2.05, 4.69) is 5.32 Å². The number of piperidine rings is 1. The number of hydrogen-bond donors (Lipinski definition) is 1. The van der Waals surface area contributed by atoms with Crippen molar-refractivity contribution >= 4 is 17.9 Å². The van der Waals surface area contributed by atoms with Gasteiger partial charge in [0.25, 0.3) is 5.91 Å². The zero-order valence-electron chi connectivity index (χ0n) is 16.9. The van der Waals surface area contributed by atoms with Gasteiger partial charge in [-0.3, -0.25) is 9.59 Å². The zero-order chi connectivity index (χ0) is 20.0. The van der Waals surface area contributed by atoms with Crippen LogP contribution in [0.25, 0.3) is 6.08 Å². The summed E-state index contributed by atoms with van der Waals surface area (Å²) in [5, 5.41) is 2.83. The van der Waals surface area contributed by atoms with Crippen molar-refractivity contribution < 1.29 is 19.1 Å². The smallest absolute Gasteiger partial charge is 0.270 e. The van der Waals surface area contributed by atoms with Crippen LogP contribution in [-0.2, 0) is 9.59 Å². The minimum absolute atomic E-state index is 0.151. The van der Waals surface area contributed by atoms with Gasteiger partial charge in [0.2, 0.25) is 5.91 Å². The maximum Gasteiger partial charge on any atom is 0.270 e. The molecule has 0 bridgehead atoms. The average molecular weight is 374 g/mol. The molecule has 0 spiro atoms. The van der Waals surface area contributed by atoms with E-state index >= 15 is 0 Å². The summed E-state index contributed by atoms with van der Waals surface area (Å²) in [6, 6.07) is 5.39. The second-order valence-corrected chi connectivity index (χ2v) is 7.73. The number of rotatable bonds is 5. The minimum Gasteiger partial charge on any atom is -0.493 e. The predicted octanol–water partition coefficient (Wildman–Crippen LogP) is 3.22. The Bertz CT molecular complexity index is 713. The summed E-state index contributed by atoms with van der Waals surface area (Å²) in [4.78, 5) is 27.3. The second kappa shape index (κ2) is 8.93. The SMILES string of the molecule is COc1ccc(/C=C(\NC(=O)C(C)(C)C)C(=O)N2CCCCC2)cc1OC. The van der Waals surface area contributed by atoms with Crippen molar-refractivity contribution in [3.8, 4) is 11.5 Å². The highest BCUT2D eigenvalue weighted by molar-refractivity contribution is 6.02. The van der Waals surface area contributed by atoms with Crippen LogP contribution in [0.2, 0.25) is 0 Å². The molecule has 2 rings (SSSR count). The Kier molecular flexibility index (Phi) is 6.88. The molecule has 1 fully saturated rings. The maximum absolute atomic E-state index is 13.0. The van der Waals surface area contributed by atoms with Gasteiger partial charge in [-0.1, -0.05) is 26.8 Å². The van der Waals surface area contributed by atoms with Crippen LogP contribution in [0, 0.1) is 5.41 Å². The largest absolute Gasteiger partial charge is 0.493 e. The zero-order valence-corrected chi connectivity index (χ0v) is 16.9. The van der Waals surface area contributed by atoms with E-state index in [4.69, 9.17) is 9.47 Å². The summed E-state index contributed by atoms with van der Waals surface area (Å²) in [5.74, 6) is 0.831. The van der Waals surface area contributed by atoms with Crippen molar-refractivity contribution in [3.63, 3.8) is 0 Å². The first-order chi connectivity index (χ1) is 12.8. The van der Waals surface area contributed by atoms with Gasteiger partial charge < -0.3 is 19.7 Å². The van der Waals surface area contributed by atoms with Crippen LogP contribution in [0.15, 0.2) is 23.9 Å². The molecule has 6 heteroatoms. The number of likely N-dealkylation sites (tertiary alicyclic amines) is 1. The van der Waals surface area contributed by atoms with Gasteiger partial charge in [0.1, 0.15) is 5.70 Å². The van der Waals surface area contributed by atoms with Crippen LogP contribution in [0.1, 0.15) is 45.6 Å². The molecule has 1 N–H and O–H groups in total. The van der Waals surface area contributed by atoms with Gasteiger partial charge in [0, 0.05) is 18.5 Å². The number of carbonyl (C=O) groups is 2. The summed E-state index contributed by atoms with van der Waals surface area (Å²) in [6.45, 7) is 6.90. The highest BCUT2D eigenvalue weighted by Gasteiger charge is 2.27. The van der Waals surface area contributed by atoms with Crippen molar-refractivity contribution in [2.45, 2.75) is 40.0 Å². The molecule has 2 amide bonds. The molecule has 1 aliphatic rings. The third-order valence-electron chi connectivity index (χ3n) is 4.52. The Hall–Kier alpha value is -2.50. The van der Waals surface area contributed by atoms with Gasteiger partial charge in [0.15, 0.2) is 11.5 Å². The Labute approximate surface area is 161 Å². The fourth-order valence-corrected chi connectivity index (χ4v) is 2.84. The first kappa shape index (κ1) is 20.8. The van der Waals surface area contributed by atoms with Crippen LogP contribution in [-0.4, -0.2) is 44.0 Å². The van der Waals surface area contributed by atoms with Crippen LogP contribution < -0.4 is 14.8 Å². The van der Waals surface area contributed by atoms with Crippen molar-refractivity contribution in [1.29, 1.82) is 0 Å². The molecule has 1 heterocycles. The van der Waals surface area contributed by atoms with E-state index in [1.165, 1.54) is 0 Å². The molecular weight excluding hydrogens is 344 g/mol. The first-order valence-corrected chi connectivity index (χ1v) is 9.30. The molecule has 6 nitrogen and oxygen atoms in total. The Morgan fingerprint density at radius 1 is 1.04 bits per heavy atom. The third kappa shape index (κ3) is 5.49. The number of amides is 2. The van der Waals surface area contributed by atoms with E-state index in [1.807, 2.05) is 26.8 Å². The maximum atomic E-state index is 13.0. The van der Waals surface area contributed by atoms with Crippen LogP contribution in [0.5, 0.6) is 11.5 Å². The highest BCUT2D eigenvalue weighted by atomic mass is 16.5. The summed E-state index contributed by atoms with van der Waals surface area (Å²) in [6.07, 6.45) is 4.81. The van der Waals surface area contributed by atoms with E-state index < -0.39 is 5.41 Å². The van der Waals surface area contributed by atoms with Crippen LogP contribution in [0.3, 0.4) is 0 Å². The number of nitrogens with zero attached hydrogens (tertiary/aromatic N) is 1. The first-order valence-electron chi connectivity index (χ1n) is 9.30. The molecule has 148 valence electrons. The average Bonchev–Trinajstić information content (AvgIpc) is 2.66. The van der Waals surface area contributed by atoms with E-state index in [0.29, 0.717) is 24.6 Å². The third-order valence-corrected chi connectivity index (χ3v) is 4.52. The highest BCUT2D eigenvalue weighted by Crippen LogP contribution is 2.28. The molecule has 0 aromatic heterocycles. The van der Waals surface area contributed by atoms with Gasteiger partial charge in [-0.05, 0) is 43.0 Å². The van der Waals surface area contributed by atoms with E-state index in [-0.39, 0.29) is 17.5 Å². The second-order valence-electron chi connectivity index (χ2n) is 7.73. The molecule has 1 aliphatic heterocycles. The lowest BCUT2D eigenvalue weighted by Crippen LogP contribution is -2.43. The van der Waals surface area contributed by atoms with Gasteiger partial charge >= 0.3 is 0 Å². The Morgan fingerprint density at radius 3 is 2.22 bits per heavy atom. The topological polar surface area (TPSA) is 67.9 Å². The summed E-state index contributed by atoms with van der Waals surface area (Å²) in [7, 11) is 3.13. The van der Waals surface area contributed by atoms with Crippen molar-refractivity contribution in [1.82, 2.24) is 10.2 Å². The van der Waals surface area contributed by atoms with Crippen molar-refractivity contribution in [2.24, 2.45) is 5.41 Å².